The first kappa shape index (κ1) is 10.8. The van der Waals surface area contributed by atoms with E-state index in [0.717, 1.165) is 11.4 Å². The molecule has 76 valence electrons. The van der Waals surface area contributed by atoms with Crippen molar-refractivity contribution in [3.8, 4) is 0 Å². The Kier molecular flexibility index (Phi) is 3.70. The molecule has 0 saturated heterocycles. The Hall–Kier alpha value is -1.30. The Labute approximate surface area is 85.5 Å². The Bertz CT molecular complexity index is 348. The van der Waals surface area contributed by atoms with Crippen LogP contribution in [0.3, 0.4) is 0 Å². The van der Waals surface area contributed by atoms with Gasteiger partial charge in [-0.2, -0.15) is 0 Å². The molecule has 0 saturated carbocycles. The number of Topliss-reactive ketones (excluding diaryl/α,β-unsaturated/α-hetero) is 1. The van der Waals surface area contributed by atoms with Gasteiger partial charge >= 0.3 is 0 Å². The summed E-state index contributed by atoms with van der Waals surface area (Å²) in [6.07, 6.45) is 0.682. The number of rotatable bonds is 4. The van der Waals surface area contributed by atoms with E-state index in [2.05, 4.69) is 15.5 Å². The molecule has 1 N–H and O–H groups in total. The fraction of sp³-hybridized carbons (Fsp3) is 0.500. The smallest absolute Gasteiger partial charge is 0.233 e. The lowest BCUT2D eigenvalue weighted by molar-refractivity contribution is -0.124. The van der Waals surface area contributed by atoms with E-state index in [9.17, 15) is 9.59 Å². The number of hydrogen-bond acceptors (Lipinski definition) is 5. The monoisotopic (exact) mass is 213 g/mol. The van der Waals surface area contributed by atoms with Gasteiger partial charge in [-0.1, -0.05) is 18.3 Å². The molecule has 0 aliphatic heterocycles. The van der Waals surface area contributed by atoms with Gasteiger partial charge in [-0.3, -0.25) is 9.59 Å². The number of anilines is 1. The molecule has 0 aliphatic carbocycles. The second-order valence-corrected chi connectivity index (χ2v) is 3.84. The number of hydrogen-bond donors (Lipinski definition) is 1. The summed E-state index contributed by atoms with van der Waals surface area (Å²) >= 11 is 1.32. The van der Waals surface area contributed by atoms with Gasteiger partial charge in [0.15, 0.2) is 0 Å². The average molecular weight is 213 g/mol. The average Bonchev–Trinajstić information content (AvgIpc) is 2.50. The summed E-state index contributed by atoms with van der Waals surface area (Å²) in [7, 11) is 0. The minimum atomic E-state index is -0.337. The molecule has 1 aromatic heterocycles. The Morgan fingerprint density at radius 3 is 2.64 bits per heavy atom. The first-order valence-corrected chi connectivity index (χ1v) is 5.05. The van der Waals surface area contributed by atoms with Crippen LogP contribution in [-0.4, -0.2) is 21.9 Å². The molecule has 0 aromatic carbocycles. The van der Waals surface area contributed by atoms with E-state index in [1.807, 2.05) is 6.92 Å². The van der Waals surface area contributed by atoms with Crippen LogP contribution in [0.2, 0.25) is 0 Å². The van der Waals surface area contributed by atoms with E-state index in [0.29, 0.717) is 5.13 Å². The van der Waals surface area contributed by atoms with E-state index in [4.69, 9.17) is 0 Å². The Morgan fingerprint density at radius 2 is 2.14 bits per heavy atom. The van der Waals surface area contributed by atoms with Crippen LogP contribution >= 0.6 is 11.3 Å². The van der Waals surface area contributed by atoms with Crippen molar-refractivity contribution in [1.82, 2.24) is 10.2 Å². The molecule has 0 atom stereocenters. The molecule has 6 heteroatoms. The van der Waals surface area contributed by atoms with Gasteiger partial charge in [0.2, 0.25) is 11.0 Å². The summed E-state index contributed by atoms with van der Waals surface area (Å²) in [5.41, 5.74) is 0. The Balaban J connectivity index is 2.51. The predicted molar refractivity (Wildman–Crippen MR) is 53.2 cm³/mol. The van der Waals surface area contributed by atoms with Crippen molar-refractivity contribution in [1.29, 1.82) is 0 Å². The molecule has 0 spiro atoms. The predicted octanol–water partition coefficient (Wildman–Crippen LogP) is 1.02. The normalized spacial score (nSPS) is 9.86. The molecule has 1 rings (SSSR count). The van der Waals surface area contributed by atoms with Crippen molar-refractivity contribution in [2.45, 2.75) is 26.7 Å². The lowest BCUT2D eigenvalue weighted by atomic mass is 10.3. The fourth-order valence-corrected chi connectivity index (χ4v) is 1.53. The van der Waals surface area contributed by atoms with Crippen LogP contribution in [0.1, 0.15) is 25.3 Å². The summed E-state index contributed by atoms with van der Waals surface area (Å²) in [5, 5.41) is 11.4. The highest BCUT2D eigenvalue weighted by atomic mass is 32.1. The van der Waals surface area contributed by atoms with Crippen molar-refractivity contribution in [3.05, 3.63) is 5.01 Å². The molecule has 5 nitrogen and oxygen atoms in total. The van der Waals surface area contributed by atoms with E-state index < -0.39 is 0 Å². The zero-order valence-electron chi connectivity index (χ0n) is 8.03. The van der Waals surface area contributed by atoms with Crippen molar-refractivity contribution in [3.63, 3.8) is 0 Å². The number of nitrogens with one attached hydrogen (secondary N) is 1. The third-order valence-electron chi connectivity index (χ3n) is 1.43. The van der Waals surface area contributed by atoms with Gasteiger partial charge in [-0.15, -0.1) is 10.2 Å². The van der Waals surface area contributed by atoms with Crippen LogP contribution < -0.4 is 5.32 Å². The molecule has 0 radical (unpaired) electrons. The highest BCUT2D eigenvalue weighted by Crippen LogP contribution is 2.15. The summed E-state index contributed by atoms with van der Waals surface area (Å²) in [5.74, 6) is -0.501. The maximum Gasteiger partial charge on any atom is 0.233 e. The number of amides is 1. The molecule has 0 bridgehead atoms. The minimum absolute atomic E-state index is 0.110. The molecular weight excluding hydrogens is 202 g/mol. The quantitative estimate of drug-likeness (QED) is 0.758. The first-order valence-electron chi connectivity index (χ1n) is 4.23. The molecular formula is C8H11N3O2S. The van der Waals surface area contributed by atoms with Gasteiger partial charge < -0.3 is 5.32 Å². The van der Waals surface area contributed by atoms with Crippen LogP contribution in [-0.2, 0) is 16.0 Å². The third-order valence-corrected chi connectivity index (χ3v) is 2.41. The number of nitrogens with zero attached hydrogens (tertiary/aromatic N) is 2. The summed E-state index contributed by atoms with van der Waals surface area (Å²) < 4.78 is 0. The van der Waals surface area contributed by atoms with E-state index in [1.54, 1.807) is 0 Å². The van der Waals surface area contributed by atoms with Crippen LogP contribution in [0.25, 0.3) is 0 Å². The fourth-order valence-electron chi connectivity index (χ4n) is 0.837. The Morgan fingerprint density at radius 1 is 1.43 bits per heavy atom. The van der Waals surface area contributed by atoms with Gasteiger partial charge in [-0.25, -0.2) is 0 Å². The third kappa shape index (κ3) is 3.21. The number of carbonyl (C=O) groups is 2. The summed E-state index contributed by atoms with van der Waals surface area (Å²) in [6, 6.07) is 0. The zero-order valence-corrected chi connectivity index (χ0v) is 8.85. The lowest BCUT2D eigenvalue weighted by Gasteiger charge is -1.96. The summed E-state index contributed by atoms with van der Waals surface area (Å²) in [4.78, 5) is 21.7. The maximum absolute atomic E-state index is 11.1. The van der Waals surface area contributed by atoms with Gasteiger partial charge in [0.25, 0.3) is 0 Å². The van der Waals surface area contributed by atoms with Crippen LogP contribution in [0.5, 0.6) is 0 Å². The number of aryl methyl sites for hydroxylation is 1. The maximum atomic E-state index is 11.1. The van der Waals surface area contributed by atoms with Crippen LogP contribution in [0.4, 0.5) is 5.13 Å². The van der Waals surface area contributed by atoms with Gasteiger partial charge in [0.05, 0.1) is 6.42 Å². The first-order chi connectivity index (χ1) is 6.61. The molecule has 1 aromatic rings. The second-order valence-electron chi connectivity index (χ2n) is 2.78. The lowest BCUT2D eigenvalue weighted by Crippen LogP contribution is -2.14. The van der Waals surface area contributed by atoms with Crippen LogP contribution in [0.15, 0.2) is 0 Å². The number of ketones is 1. The van der Waals surface area contributed by atoms with Gasteiger partial charge in [0, 0.05) is 0 Å². The molecule has 0 fully saturated rings. The molecule has 1 amide bonds. The van der Waals surface area contributed by atoms with Gasteiger partial charge in [-0.05, 0) is 13.3 Å². The van der Waals surface area contributed by atoms with Crippen molar-refractivity contribution in [2.24, 2.45) is 0 Å². The topological polar surface area (TPSA) is 72.0 Å². The van der Waals surface area contributed by atoms with Crippen molar-refractivity contribution < 1.29 is 9.59 Å². The minimum Gasteiger partial charge on any atom is -0.300 e. The second kappa shape index (κ2) is 4.80. The zero-order chi connectivity index (χ0) is 10.6. The van der Waals surface area contributed by atoms with Crippen LogP contribution in [0, 0.1) is 0 Å². The van der Waals surface area contributed by atoms with Crippen molar-refractivity contribution >= 4 is 28.2 Å². The van der Waals surface area contributed by atoms with E-state index >= 15 is 0 Å². The number of carbonyl (C=O) groups excluding carboxylic acids is 2. The van der Waals surface area contributed by atoms with E-state index in [-0.39, 0.29) is 18.1 Å². The highest BCUT2D eigenvalue weighted by molar-refractivity contribution is 7.15. The highest BCUT2D eigenvalue weighted by Gasteiger charge is 2.08. The molecule has 0 aliphatic rings. The van der Waals surface area contributed by atoms with Crippen molar-refractivity contribution in [2.75, 3.05) is 5.32 Å². The summed E-state index contributed by atoms with van der Waals surface area (Å²) in [6.45, 7) is 3.33. The molecule has 1 heterocycles. The largest absolute Gasteiger partial charge is 0.300 e. The molecule has 14 heavy (non-hydrogen) atoms. The molecule has 0 unspecified atom stereocenters. The SMILES string of the molecule is CCc1nnc(NC(=O)CC(C)=O)s1. The standard InChI is InChI=1S/C8H11N3O2S/c1-3-7-10-11-8(14-7)9-6(13)4-5(2)12/h3-4H2,1-2H3,(H,9,11,13). The van der Waals surface area contributed by atoms with E-state index in [1.165, 1.54) is 18.3 Å². The number of aromatic nitrogens is 2. The van der Waals surface area contributed by atoms with Gasteiger partial charge in [0.1, 0.15) is 10.8 Å².